The van der Waals surface area contributed by atoms with Crippen molar-refractivity contribution < 1.29 is 37.7 Å². The lowest BCUT2D eigenvalue weighted by Crippen LogP contribution is -2.37. The summed E-state index contributed by atoms with van der Waals surface area (Å²) in [6.07, 6.45) is 0.133. The first-order chi connectivity index (χ1) is 17.6. The molecule has 0 heterocycles. The maximum Gasteiger partial charge on any atom is 0.415 e. The van der Waals surface area contributed by atoms with E-state index in [9.17, 15) is 23.5 Å². The van der Waals surface area contributed by atoms with Crippen LogP contribution in [0.15, 0.2) is 48.5 Å². The Kier molecular flexibility index (Phi) is 12.3. The maximum absolute atomic E-state index is 13.1. The molecule has 2 rings (SSSR count). The van der Waals surface area contributed by atoms with Crippen molar-refractivity contribution in [1.82, 2.24) is 4.90 Å². The van der Waals surface area contributed by atoms with Gasteiger partial charge in [-0.1, -0.05) is 36.2 Å². The number of alkyl halides is 2. The van der Waals surface area contributed by atoms with Crippen LogP contribution in [0, 0.1) is 6.92 Å². The highest BCUT2D eigenvalue weighted by Crippen LogP contribution is 2.21. The molecule has 0 aliphatic rings. The van der Waals surface area contributed by atoms with Gasteiger partial charge in [-0.25, -0.2) is 18.4 Å². The summed E-state index contributed by atoms with van der Waals surface area (Å²) in [5, 5.41) is 9.24. The molecule has 0 saturated heterocycles. The smallest absolute Gasteiger partial charge is 0.415 e. The largest absolute Gasteiger partial charge is 0.492 e. The Bertz CT molecular complexity index is 960. The fraction of sp³-hybridized carbons (Fsp3) is 0.500. The van der Waals surface area contributed by atoms with Crippen LogP contribution in [0.5, 0.6) is 11.5 Å². The van der Waals surface area contributed by atoms with Crippen molar-refractivity contribution in [1.29, 1.82) is 0 Å². The molecule has 1 N–H and O–H groups in total. The Labute approximate surface area is 217 Å². The van der Waals surface area contributed by atoms with E-state index in [1.807, 2.05) is 19.1 Å². The predicted octanol–water partition coefficient (Wildman–Crippen LogP) is 6.12. The second-order valence-corrected chi connectivity index (χ2v) is 9.03. The molecule has 0 bridgehead atoms. The number of benzene rings is 2. The van der Waals surface area contributed by atoms with Gasteiger partial charge in [-0.05, 0) is 63.4 Å². The highest BCUT2D eigenvalue weighted by molar-refractivity contribution is 5.72. The quantitative estimate of drug-likeness (QED) is 0.268. The Balaban J connectivity index is 1.90. The molecule has 1 unspecified atom stereocenters. The van der Waals surface area contributed by atoms with E-state index in [2.05, 4.69) is 0 Å². The van der Waals surface area contributed by atoms with Gasteiger partial charge in [0.15, 0.2) is 6.10 Å². The molecular weight excluding hydrogens is 484 g/mol. The average molecular weight is 522 g/mol. The van der Waals surface area contributed by atoms with Crippen molar-refractivity contribution in [3.05, 3.63) is 59.7 Å². The van der Waals surface area contributed by atoms with E-state index in [1.165, 1.54) is 4.90 Å². The van der Waals surface area contributed by atoms with Gasteiger partial charge in [0.2, 0.25) is 5.92 Å². The van der Waals surface area contributed by atoms with Gasteiger partial charge in [0, 0.05) is 26.0 Å². The Morgan fingerprint density at radius 2 is 1.62 bits per heavy atom. The van der Waals surface area contributed by atoms with Crippen molar-refractivity contribution in [2.24, 2.45) is 0 Å². The first kappa shape index (κ1) is 30.0. The van der Waals surface area contributed by atoms with Crippen LogP contribution >= 0.6 is 0 Å². The Hall–Kier alpha value is -3.20. The number of unbranched alkanes of at least 4 members (excludes halogenated alkanes) is 2. The molecule has 0 saturated carbocycles. The van der Waals surface area contributed by atoms with Gasteiger partial charge >= 0.3 is 12.1 Å². The van der Waals surface area contributed by atoms with Crippen LogP contribution < -0.4 is 9.47 Å². The maximum atomic E-state index is 13.1. The number of carbonyl (C=O) groups is 2. The van der Waals surface area contributed by atoms with Crippen LogP contribution in [0.25, 0.3) is 0 Å². The summed E-state index contributed by atoms with van der Waals surface area (Å²) in [7, 11) is 0. The van der Waals surface area contributed by atoms with Gasteiger partial charge in [-0.15, -0.1) is 0 Å². The van der Waals surface area contributed by atoms with Crippen LogP contribution in [0.4, 0.5) is 13.6 Å². The number of carboxylic acid groups (broad SMARTS) is 1. The second-order valence-electron chi connectivity index (χ2n) is 9.03. The van der Waals surface area contributed by atoms with Crippen LogP contribution in [0.3, 0.4) is 0 Å². The Morgan fingerprint density at radius 3 is 2.22 bits per heavy atom. The van der Waals surface area contributed by atoms with Crippen LogP contribution in [0.2, 0.25) is 0 Å². The standard InChI is InChI=1S/C28H37F2NO6/c1-4-35-25(26(32)33)20-22-10-14-23(15-11-22)36-19-18-31(17-7-5-6-16-28(3,29)30)27(34)37-24-12-8-21(2)9-13-24/h8-15,25H,4-7,16-20H2,1-3H3,(H,32,33). The van der Waals surface area contributed by atoms with Crippen LogP contribution in [-0.2, 0) is 16.0 Å². The van der Waals surface area contributed by atoms with Gasteiger partial charge in [-0.2, -0.15) is 0 Å². The van der Waals surface area contributed by atoms with Crippen molar-refractivity contribution >= 4 is 12.1 Å². The van der Waals surface area contributed by atoms with E-state index in [4.69, 9.17) is 14.2 Å². The van der Waals surface area contributed by atoms with Crippen LogP contribution in [0.1, 0.15) is 50.7 Å². The van der Waals surface area contributed by atoms with Crippen molar-refractivity contribution in [3.63, 3.8) is 0 Å². The molecule has 1 atom stereocenters. The van der Waals surface area contributed by atoms with Gasteiger partial charge in [-0.3, -0.25) is 0 Å². The van der Waals surface area contributed by atoms with E-state index in [0.29, 0.717) is 43.9 Å². The lowest BCUT2D eigenvalue weighted by molar-refractivity contribution is -0.149. The minimum absolute atomic E-state index is 0.183. The number of carbonyl (C=O) groups excluding carboxylic acids is 1. The number of nitrogens with zero attached hydrogens (tertiary/aromatic N) is 1. The summed E-state index contributed by atoms with van der Waals surface area (Å²) in [4.78, 5) is 25.6. The van der Waals surface area contributed by atoms with Crippen molar-refractivity contribution in [2.75, 3.05) is 26.3 Å². The highest BCUT2D eigenvalue weighted by atomic mass is 19.3. The number of amides is 1. The van der Waals surface area contributed by atoms with E-state index >= 15 is 0 Å². The minimum atomic E-state index is -2.69. The number of hydrogen-bond donors (Lipinski definition) is 1. The molecule has 37 heavy (non-hydrogen) atoms. The molecule has 0 spiro atoms. The summed E-state index contributed by atoms with van der Waals surface area (Å²) >= 11 is 0. The SMILES string of the molecule is CCOC(Cc1ccc(OCCN(CCCCCC(C)(F)F)C(=O)Oc2ccc(C)cc2)cc1)C(=O)O. The fourth-order valence-electron chi connectivity index (χ4n) is 3.61. The molecular formula is C28H37F2NO6. The third-order valence-corrected chi connectivity index (χ3v) is 5.65. The zero-order chi connectivity index (χ0) is 27.3. The van der Waals surface area contributed by atoms with E-state index in [1.54, 1.807) is 43.3 Å². The lowest BCUT2D eigenvalue weighted by atomic mass is 10.1. The second kappa shape index (κ2) is 15.1. The third-order valence-electron chi connectivity index (χ3n) is 5.65. The molecule has 0 fully saturated rings. The van der Waals surface area contributed by atoms with E-state index in [0.717, 1.165) is 18.1 Å². The van der Waals surface area contributed by atoms with E-state index < -0.39 is 24.1 Å². The summed E-state index contributed by atoms with van der Waals surface area (Å²) in [6.45, 7) is 5.71. The zero-order valence-corrected chi connectivity index (χ0v) is 21.8. The van der Waals surface area contributed by atoms with Gasteiger partial charge in [0.1, 0.15) is 18.1 Å². The number of carboxylic acids is 1. The molecule has 0 aliphatic carbocycles. The molecule has 2 aromatic rings. The summed E-state index contributed by atoms with van der Waals surface area (Å²) < 4.78 is 42.6. The molecule has 2 aromatic carbocycles. The third kappa shape index (κ3) is 12.1. The number of ether oxygens (including phenoxy) is 3. The summed E-state index contributed by atoms with van der Waals surface area (Å²) in [5.74, 6) is -2.70. The first-order valence-corrected chi connectivity index (χ1v) is 12.5. The number of rotatable bonds is 16. The number of aryl methyl sites for hydroxylation is 1. The summed E-state index contributed by atoms with van der Waals surface area (Å²) in [6, 6.07) is 14.1. The van der Waals surface area contributed by atoms with Gasteiger partial charge in [0.05, 0.1) is 6.54 Å². The number of hydrogen-bond acceptors (Lipinski definition) is 5. The molecule has 0 aromatic heterocycles. The first-order valence-electron chi connectivity index (χ1n) is 12.5. The monoisotopic (exact) mass is 521 g/mol. The van der Waals surface area contributed by atoms with Crippen LogP contribution in [-0.4, -0.2) is 60.4 Å². The predicted molar refractivity (Wildman–Crippen MR) is 137 cm³/mol. The molecule has 7 nitrogen and oxygen atoms in total. The minimum Gasteiger partial charge on any atom is -0.492 e. The van der Waals surface area contributed by atoms with Crippen molar-refractivity contribution in [2.45, 2.75) is 64.9 Å². The fourth-order valence-corrected chi connectivity index (χ4v) is 3.61. The molecule has 204 valence electrons. The van der Waals surface area contributed by atoms with E-state index in [-0.39, 0.29) is 26.0 Å². The number of halogens is 2. The highest BCUT2D eigenvalue weighted by Gasteiger charge is 2.21. The molecule has 0 radical (unpaired) electrons. The summed E-state index contributed by atoms with van der Waals surface area (Å²) in [5.41, 5.74) is 1.84. The topological polar surface area (TPSA) is 85.3 Å². The Morgan fingerprint density at radius 1 is 0.973 bits per heavy atom. The van der Waals surface area contributed by atoms with Crippen molar-refractivity contribution in [3.8, 4) is 11.5 Å². The van der Waals surface area contributed by atoms with Gasteiger partial charge in [0.25, 0.3) is 0 Å². The zero-order valence-electron chi connectivity index (χ0n) is 21.8. The normalized spacial score (nSPS) is 12.1. The average Bonchev–Trinajstić information content (AvgIpc) is 2.84. The molecule has 9 heteroatoms. The molecule has 0 aliphatic heterocycles. The molecule has 1 amide bonds. The lowest BCUT2D eigenvalue weighted by Gasteiger charge is -2.22. The number of aliphatic carboxylic acids is 1. The van der Waals surface area contributed by atoms with Gasteiger partial charge < -0.3 is 24.2 Å².